The van der Waals surface area contributed by atoms with E-state index >= 15 is 0 Å². The fourth-order valence-electron chi connectivity index (χ4n) is 3.40. The fourth-order valence-corrected chi connectivity index (χ4v) is 3.40. The molecule has 4 aromatic rings. The summed E-state index contributed by atoms with van der Waals surface area (Å²) in [4.78, 5) is 29.0. The van der Waals surface area contributed by atoms with Crippen LogP contribution in [0, 0.1) is 0 Å². The number of H-pyrrole nitrogens is 1. The molecular formula is C25H21N3O4. The van der Waals surface area contributed by atoms with E-state index in [0.29, 0.717) is 36.5 Å². The molecule has 0 saturated heterocycles. The van der Waals surface area contributed by atoms with Crippen molar-refractivity contribution in [3.05, 3.63) is 106 Å². The Morgan fingerprint density at radius 3 is 2.62 bits per heavy atom. The Balaban J connectivity index is 1.69. The molecule has 0 bridgehead atoms. The average Bonchev–Trinajstić information content (AvgIpc) is 3.25. The number of nitrogens with zero attached hydrogens (tertiary/aromatic N) is 2. The van der Waals surface area contributed by atoms with Crippen LogP contribution in [-0.2, 0) is 13.0 Å². The lowest BCUT2D eigenvalue weighted by Gasteiger charge is -2.10. The van der Waals surface area contributed by atoms with Crippen molar-refractivity contribution in [1.29, 1.82) is 0 Å². The van der Waals surface area contributed by atoms with Gasteiger partial charge in [-0.05, 0) is 48.7 Å². The van der Waals surface area contributed by atoms with Crippen LogP contribution in [0.5, 0.6) is 5.75 Å². The molecule has 32 heavy (non-hydrogen) atoms. The summed E-state index contributed by atoms with van der Waals surface area (Å²) in [7, 11) is 0. The highest BCUT2D eigenvalue weighted by Gasteiger charge is 2.17. The number of carbonyl (C=O) groups is 1. The molecule has 160 valence electrons. The Morgan fingerprint density at radius 1 is 1.19 bits per heavy atom. The van der Waals surface area contributed by atoms with E-state index < -0.39 is 5.97 Å². The third-order valence-electron chi connectivity index (χ3n) is 5.00. The second-order valence-electron chi connectivity index (χ2n) is 7.16. The van der Waals surface area contributed by atoms with E-state index in [9.17, 15) is 14.7 Å². The SMILES string of the molecule is C=C=CCCc1c(-c2ccc(OCc3ccccc3)cc2)nc2cc(C(=O)O)[nH]n2c1=O. The molecule has 0 amide bonds. The molecule has 4 rings (SSSR count). The summed E-state index contributed by atoms with van der Waals surface area (Å²) in [5.41, 5.74) is 5.31. The van der Waals surface area contributed by atoms with Gasteiger partial charge in [0.1, 0.15) is 18.1 Å². The van der Waals surface area contributed by atoms with Crippen LogP contribution in [0.15, 0.2) is 83.8 Å². The minimum Gasteiger partial charge on any atom is -0.489 e. The zero-order valence-corrected chi connectivity index (χ0v) is 17.2. The van der Waals surface area contributed by atoms with Gasteiger partial charge in [0.2, 0.25) is 0 Å². The van der Waals surface area contributed by atoms with Crippen LogP contribution < -0.4 is 10.3 Å². The van der Waals surface area contributed by atoms with Crippen LogP contribution in [0.4, 0.5) is 0 Å². The molecule has 7 nitrogen and oxygen atoms in total. The van der Waals surface area contributed by atoms with Gasteiger partial charge in [-0.25, -0.2) is 14.3 Å². The minimum atomic E-state index is -1.16. The fraction of sp³-hybridized carbons (Fsp3) is 0.120. The Morgan fingerprint density at radius 2 is 1.94 bits per heavy atom. The molecule has 2 N–H and O–H groups in total. The molecule has 0 aliphatic carbocycles. The summed E-state index contributed by atoms with van der Waals surface area (Å²) >= 11 is 0. The molecule has 2 aromatic heterocycles. The van der Waals surface area contributed by atoms with Gasteiger partial charge in [-0.3, -0.25) is 9.89 Å². The number of aromatic carboxylic acids is 1. The number of hydrogen-bond acceptors (Lipinski definition) is 4. The maximum absolute atomic E-state index is 13.1. The standard InChI is InChI=1S/C25H21N3O4/c1-2-3-5-10-20-23(26-22-15-21(25(30)31)27-28(22)24(20)29)18-11-13-19(14-12-18)32-16-17-8-6-4-7-9-17/h3-4,6-9,11-15,27H,1,5,10,16H2,(H,30,31). The van der Waals surface area contributed by atoms with Crippen molar-refractivity contribution >= 4 is 11.6 Å². The Bertz CT molecular complexity index is 1360. The minimum absolute atomic E-state index is 0.103. The van der Waals surface area contributed by atoms with E-state index in [0.717, 1.165) is 15.6 Å². The van der Waals surface area contributed by atoms with Crippen molar-refractivity contribution in [2.45, 2.75) is 19.4 Å². The molecule has 0 aliphatic heterocycles. The highest BCUT2D eigenvalue weighted by Crippen LogP contribution is 2.25. The summed E-state index contributed by atoms with van der Waals surface area (Å²) in [6.45, 7) is 4.00. The second kappa shape index (κ2) is 9.20. The Labute approximate surface area is 183 Å². The quantitative estimate of drug-likeness (QED) is 0.410. The zero-order valence-electron chi connectivity index (χ0n) is 17.2. The van der Waals surface area contributed by atoms with Gasteiger partial charge in [0, 0.05) is 17.2 Å². The maximum atomic E-state index is 13.1. The lowest BCUT2D eigenvalue weighted by atomic mass is 10.0. The smallest absolute Gasteiger partial charge is 0.353 e. The van der Waals surface area contributed by atoms with E-state index in [4.69, 9.17) is 4.74 Å². The maximum Gasteiger partial charge on any atom is 0.353 e. The molecule has 7 heteroatoms. The Kier molecular flexibility index (Phi) is 6.01. The largest absolute Gasteiger partial charge is 0.489 e. The number of carboxylic acids is 1. The van der Waals surface area contributed by atoms with Crippen molar-refractivity contribution in [1.82, 2.24) is 14.6 Å². The first kappa shape index (κ1) is 20.9. The highest BCUT2D eigenvalue weighted by atomic mass is 16.5. The molecule has 2 aromatic carbocycles. The van der Waals surface area contributed by atoms with Gasteiger partial charge in [0.25, 0.3) is 5.56 Å². The van der Waals surface area contributed by atoms with E-state index in [-0.39, 0.29) is 16.9 Å². The summed E-state index contributed by atoms with van der Waals surface area (Å²) in [6.07, 6.45) is 2.72. The second-order valence-corrected chi connectivity index (χ2v) is 7.16. The first-order valence-corrected chi connectivity index (χ1v) is 10.1. The van der Waals surface area contributed by atoms with Gasteiger partial charge >= 0.3 is 5.97 Å². The van der Waals surface area contributed by atoms with Gasteiger partial charge in [0.15, 0.2) is 5.65 Å². The first-order chi connectivity index (χ1) is 15.6. The predicted octanol–water partition coefficient (Wildman–Crippen LogP) is 4.24. The number of aromatic amines is 1. The summed E-state index contributed by atoms with van der Waals surface area (Å²) in [5.74, 6) is -0.464. The number of carboxylic acid groups (broad SMARTS) is 1. The lowest BCUT2D eigenvalue weighted by Crippen LogP contribution is -2.21. The van der Waals surface area contributed by atoms with Crippen LogP contribution >= 0.6 is 0 Å². The number of benzene rings is 2. The lowest BCUT2D eigenvalue weighted by molar-refractivity contribution is 0.0690. The number of ether oxygens (including phenoxy) is 1. The number of aromatic nitrogens is 3. The number of fused-ring (bicyclic) bond motifs is 1. The third-order valence-corrected chi connectivity index (χ3v) is 5.00. The van der Waals surface area contributed by atoms with Gasteiger partial charge < -0.3 is 9.84 Å². The number of hydrogen-bond donors (Lipinski definition) is 2. The van der Waals surface area contributed by atoms with Crippen molar-refractivity contribution in [2.24, 2.45) is 0 Å². The van der Waals surface area contributed by atoms with E-state index in [1.165, 1.54) is 6.07 Å². The first-order valence-electron chi connectivity index (χ1n) is 10.1. The van der Waals surface area contributed by atoms with Crippen LogP contribution in [0.2, 0.25) is 0 Å². The molecule has 0 aliphatic rings. The van der Waals surface area contributed by atoms with Gasteiger partial charge in [-0.2, -0.15) is 0 Å². The van der Waals surface area contributed by atoms with Crippen LogP contribution in [0.3, 0.4) is 0 Å². The van der Waals surface area contributed by atoms with E-state index in [1.54, 1.807) is 6.08 Å². The summed E-state index contributed by atoms with van der Waals surface area (Å²) in [6, 6.07) is 18.6. The predicted molar refractivity (Wildman–Crippen MR) is 121 cm³/mol. The van der Waals surface area contributed by atoms with Crippen molar-refractivity contribution in [3.8, 4) is 17.0 Å². The van der Waals surface area contributed by atoms with Gasteiger partial charge in [-0.1, -0.05) is 36.9 Å². The monoisotopic (exact) mass is 427 g/mol. The molecule has 0 unspecified atom stereocenters. The van der Waals surface area contributed by atoms with Crippen molar-refractivity contribution in [3.63, 3.8) is 0 Å². The number of allylic oxidation sites excluding steroid dienone is 1. The zero-order chi connectivity index (χ0) is 22.5. The highest BCUT2D eigenvalue weighted by molar-refractivity contribution is 5.86. The van der Waals surface area contributed by atoms with Crippen molar-refractivity contribution in [2.75, 3.05) is 0 Å². The van der Waals surface area contributed by atoms with E-state index in [2.05, 4.69) is 22.4 Å². The summed E-state index contributed by atoms with van der Waals surface area (Å²) < 4.78 is 7.00. The van der Waals surface area contributed by atoms with E-state index in [1.807, 2.05) is 54.6 Å². The summed E-state index contributed by atoms with van der Waals surface area (Å²) in [5, 5.41) is 11.9. The molecular weight excluding hydrogens is 406 g/mol. The van der Waals surface area contributed by atoms with Gasteiger partial charge in [0.05, 0.1) is 5.69 Å². The third kappa shape index (κ3) is 4.38. The molecule has 0 spiro atoms. The van der Waals surface area contributed by atoms with Gasteiger partial charge in [-0.15, -0.1) is 5.73 Å². The normalized spacial score (nSPS) is 10.6. The van der Waals surface area contributed by atoms with Crippen LogP contribution in [0.25, 0.3) is 16.9 Å². The van der Waals surface area contributed by atoms with Crippen molar-refractivity contribution < 1.29 is 14.6 Å². The number of nitrogens with one attached hydrogen (secondary N) is 1. The molecule has 0 fully saturated rings. The molecule has 0 saturated carbocycles. The average molecular weight is 427 g/mol. The van der Waals surface area contributed by atoms with Crippen LogP contribution in [0.1, 0.15) is 28.0 Å². The number of rotatable bonds is 8. The molecule has 0 atom stereocenters. The Hall–Kier alpha value is -4.35. The molecule has 0 radical (unpaired) electrons. The molecule has 2 heterocycles. The topological polar surface area (TPSA) is 96.7 Å². The van der Waals surface area contributed by atoms with Crippen LogP contribution in [-0.4, -0.2) is 25.7 Å².